The fraction of sp³-hybridized carbons (Fsp3) is 0.286. The van der Waals surface area contributed by atoms with Crippen LogP contribution in [0.2, 0.25) is 0 Å². The minimum Gasteiger partial charge on any atom is -0.378 e. The van der Waals surface area contributed by atoms with E-state index in [-0.39, 0.29) is 11.2 Å². The van der Waals surface area contributed by atoms with Crippen molar-refractivity contribution in [2.75, 3.05) is 31.2 Å². The molecule has 1 aliphatic carbocycles. The van der Waals surface area contributed by atoms with Gasteiger partial charge in [-0.2, -0.15) is 0 Å². The number of hydrogen-bond donors (Lipinski definition) is 0. The van der Waals surface area contributed by atoms with Gasteiger partial charge in [0.1, 0.15) is 17.5 Å². The van der Waals surface area contributed by atoms with E-state index in [1.807, 2.05) is 18.2 Å². The zero-order chi connectivity index (χ0) is 19.8. The van der Waals surface area contributed by atoms with Crippen LogP contribution in [0.3, 0.4) is 0 Å². The highest BCUT2D eigenvalue weighted by Crippen LogP contribution is 2.34. The predicted molar refractivity (Wildman–Crippen MR) is 112 cm³/mol. The van der Waals surface area contributed by atoms with Crippen LogP contribution < -0.4 is 4.90 Å². The molecule has 0 saturated carbocycles. The fourth-order valence-electron chi connectivity index (χ4n) is 3.69. The largest absolute Gasteiger partial charge is 0.378 e. The first-order valence-corrected chi connectivity index (χ1v) is 9.98. The Morgan fingerprint density at radius 1 is 1.14 bits per heavy atom. The lowest BCUT2D eigenvalue weighted by Gasteiger charge is -2.27. The summed E-state index contributed by atoms with van der Waals surface area (Å²) in [6.45, 7) is 3.04. The summed E-state index contributed by atoms with van der Waals surface area (Å²) in [5.41, 5.74) is 2.72. The van der Waals surface area contributed by atoms with Gasteiger partial charge in [-0.25, -0.2) is 14.4 Å². The highest BCUT2D eigenvalue weighted by molar-refractivity contribution is 6.22. The van der Waals surface area contributed by atoms with Crippen LogP contribution >= 0.6 is 11.6 Å². The van der Waals surface area contributed by atoms with Gasteiger partial charge in [0.15, 0.2) is 0 Å². The number of aromatic nitrogens is 4. The molecule has 1 unspecified atom stereocenters. The van der Waals surface area contributed by atoms with Gasteiger partial charge >= 0.3 is 0 Å². The summed E-state index contributed by atoms with van der Waals surface area (Å²) < 4.78 is 22.0. The number of rotatable bonds is 3. The number of morpholine rings is 1. The van der Waals surface area contributed by atoms with Gasteiger partial charge in [0.05, 0.1) is 41.5 Å². The molecule has 3 aromatic heterocycles. The van der Waals surface area contributed by atoms with Crippen molar-refractivity contribution in [1.29, 1.82) is 0 Å². The number of hydrogen-bond acceptors (Lipinski definition) is 5. The maximum Gasteiger partial charge on any atom is 0.147 e. The molecule has 3 aromatic rings. The zero-order valence-corrected chi connectivity index (χ0v) is 16.4. The molecule has 1 saturated heterocycles. The van der Waals surface area contributed by atoms with E-state index in [0.717, 1.165) is 35.5 Å². The van der Waals surface area contributed by atoms with Gasteiger partial charge in [0, 0.05) is 31.0 Å². The summed E-state index contributed by atoms with van der Waals surface area (Å²) in [7, 11) is 0. The van der Waals surface area contributed by atoms with Crippen LogP contribution in [0.5, 0.6) is 0 Å². The Morgan fingerprint density at radius 3 is 2.76 bits per heavy atom. The van der Waals surface area contributed by atoms with Crippen molar-refractivity contribution in [1.82, 2.24) is 19.5 Å². The van der Waals surface area contributed by atoms with Crippen LogP contribution in [0.15, 0.2) is 54.8 Å². The molecule has 29 heavy (non-hydrogen) atoms. The van der Waals surface area contributed by atoms with Gasteiger partial charge in [0.25, 0.3) is 0 Å². The monoisotopic (exact) mass is 411 g/mol. The van der Waals surface area contributed by atoms with Crippen molar-refractivity contribution in [2.24, 2.45) is 0 Å². The lowest BCUT2D eigenvalue weighted by molar-refractivity contribution is 0.122. The standard InChI is InChI=1S/C21H19ClFN5O/c22-15-2-3-18(16(23)11-15)28-19-13-24-6-5-17(19)26-21(28)14-1-4-20(25-12-14)27-7-9-29-10-8-27/h1,3-6,11-13,15H,2,7-10H2. The van der Waals surface area contributed by atoms with Crippen LogP contribution in [-0.4, -0.2) is 51.2 Å². The first-order chi connectivity index (χ1) is 14.2. The topological polar surface area (TPSA) is 56.1 Å². The van der Waals surface area contributed by atoms with Gasteiger partial charge in [-0.1, -0.05) is 6.08 Å². The van der Waals surface area contributed by atoms with E-state index in [1.165, 1.54) is 6.08 Å². The molecule has 5 rings (SSSR count). The lowest BCUT2D eigenvalue weighted by Crippen LogP contribution is -2.36. The molecule has 6 nitrogen and oxygen atoms in total. The third-order valence-corrected chi connectivity index (χ3v) is 5.45. The van der Waals surface area contributed by atoms with Crippen molar-refractivity contribution >= 4 is 34.1 Å². The molecule has 0 aromatic carbocycles. The molecule has 0 radical (unpaired) electrons. The number of anilines is 1. The second-order valence-electron chi connectivity index (χ2n) is 7.00. The smallest absolute Gasteiger partial charge is 0.147 e. The Bertz CT molecular complexity index is 1100. The summed E-state index contributed by atoms with van der Waals surface area (Å²) in [6, 6.07) is 5.76. The van der Waals surface area contributed by atoms with Crippen LogP contribution in [0, 0.1) is 0 Å². The highest BCUT2D eigenvalue weighted by atomic mass is 35.5. The molecule has 0 amide bonds. The molecule has 1 atom stereocenters. The second kappa shape index (κ2) is 7.57. The first-order valence-electron chi connectivity index (χ1n) is 9.54. The number of pyridine rings is 2. The molecule has 148 valence electrons. The van der Waals surface area contributed by atoms with E-state index >= 15 is 0 Å². The number of nitrogens with zero attached hydrogens (tertiary/aromatic N) is 5. The summed E-state index contributed by atoms with van der Waals surface area (Å²) in [5.74, 6) is 1.16. The number of halogens is 2. The Kier molecular flexibility index (Phi) is 4.77. The molecular weight excluding hydrogens is 393 g/mol. The highest BCUT2D eigenvalue weighted by Gasteiger charge is 2.22. The van der Waals surface area contributed by atoms with Crippen molar-refractivity contribution < 1.29 is 9.13 Å². The Balaban J connectivity index is 1.59. The molecule has 0 N–H and O–H groups in total. The molecule has 0 bridgehead atoms. The van der Waals surface area contributed by atoms with Gasteiger partial charge in [0.2, 0.25) is 0 Å². The van der Waals surface area contributed by atoms with Crippen LogP contribution in [0.25, 0.3) is 28.1 Å². The Hall–Kier alpha value is -2.77. The van der Waals surface area contributed by atoms with Crippen molar-refractivity contribution in [2.45, 2.75) is 11.8 Å². The zero-order valence-electron chi connectivity index (χ0n) is 15.6. The predicted octanol–water partition coefficient (Wildman–Crippen LogP) is 4.04. The second-order valence-corrected chi connectivity index (χ2v) is 7.56. The fourth-order valence-corrected chi connectivity index (χ4v) is 3.89. The van der Waals surface area contributed by atoms with Crippen molar-refractivity contribution in [3.8, 4) is 11.4 Å². The third-order valence-electron chi connectivity index (χ3n) is 5.15. The van der Waals surface area contributed by atoms with Crippen LogP contribution in [0.1, 0.15) is 6.42 Å². The summed E-state index contributed by atoms with van der Waals surface area (Å²) in [4.78, 5) is 15.7. The summed E-state index contributed by atoms with van der Waals surface area (Å²) >= 11 is 6.08. The third kappa shape index (κ3) is 3.41. The number of imidazole rings is 1. The van der Waals surface area contributed by atoms with E-state index in [1.54, 1.807) is 29.2 Å². The maximum absolute atomic E-state index is 14.8. The van der Waals surface area contributed by atoms with Crippen LogP contribution in [-0.2, 0) is 4.74 Å². The molecule has 8 heteroatoms. The normalized spacial score (nSPS) is 19.9. The molecule has 1 aliphatic heterocycles. The SMILES string of the molecule is FC1=CC(Cl)CC=C1n1c(-c2ccc(N3CCOCC3)nc2)nc2ccncc21. The number of fused-ring (bicyclic) bond motifs is 1. The minimum absolute atomic E-state index is 0.343. The molecular formula is C21H19ClFN5O. The van der Waals surface area contributed by atoms with Crippen LogP contribution in [0.4, 0.5) is 10.2 Å². The minimum atomic E-state index is -0.362. The Labute approximate surface area is 172 Å². The molecule has 1 fully saturated rings. The van der Waals surface area contributed by atoms with Gasteiger partial charge in [-0.3, -0.25) is 9.55 Å². The van der Waals surface area contributed by atoms with E-state index < -0.39 is 0 Å². The number of ether oxygens (including phenoxy) is 1. The molecule has 0 spiro atoms. The average Bonchev–Trinajstić information content (AvgIpc) is 3.14. The quantitative estimate of drug-likeness (QED) is 0.609. The maximum atomic E-state index is 14.8. The van der Waals surface area contributed by atoms with Gasteiger partial charge < -0.3 is 9.64 Å². The van der Waals surface area contributed by atoms with E-state index in [0.29, 0.717) is 31.2 Å². The van der Waals surface area contributed by atoms with E-state index in [2.05, 4.69) is 14.9 Å². The van der Waals surface area contributed by atoms with Crippen molar-refractivity contribution in [3.63, 3.8) is 0 Å². The summed E-state index contributed by atoms with van der Waals surface area (Å²) in [6.07, 6.45) is 8.95. The van der Waals surface area contributed by atoms with Gasteiger partial charge in [-0.05, 0) is 30.7 Å². The summed E-state index contributed by atoms with van der Waals surface area (Å²) in [5, 5.41) is -0.343. The Morgan fingerprint density at radius 2 is 2.00 bits per heavy atom. The molecule has 2 aliphatic rings. The average molecular weight is 412 g/mol. The lowest BCUT2D eigenvalue weighted by atomic mass is 10.1. The number of allylic oxidation sites excluding steroid dienone is 4. The molecule has 4 heterocycles. The van der Waals surface area contributed by atoms with E-state index in [4.69, 9.17) is 21.3 Å². The van der Waals surface area contributed by atoms with E-state index in [9.17, 15) is 4.39 Å². The van der Waals surface area contributed by atoms with Gasteiger partial charge in [-0.15, -0.1) is 11.6 Å². The van der Waals surface area contributed by atoms with Crippen molar-refractivity contribution in [3.05, 3.63) is 54.8 Å². The number of alkyl halides is 1. The first kappa shape index (κ1) is 18.3.